The molecule has 0 fully saturated rings. The Morgan fingerprint density at radius 1 is 1.05 bits per heavy atom. The van der Waals surface area contributed by atoms with Gasteiger partial charge in [-0.25, -0.2) is 0 Å². The number of ketones is 1. The van der Waals surface area contributed by atoms with Crippen molar-refractivity contribution in [3.8, 4) is 5.75 Å². The Kier molecular flexibility index (Phi) is 4.92. The molecule has 0 spiro atoms. The van der Waals surface area contributed by atoms with Gasteiger partial charge < -0.3 is 4.74 Å². The highest BCUT2D eigenvalue weighted by Crippen LogP contribution is 2.32. The number of carbonyl (C=O) groups is 1. The Morgan fingerprint density at radius 3 is 2.40 bits per heavy atom. The van der Waals surface area contributed by atoms with Crippen LogP contribution in [0.15, 0.2) is 36.4 Å². The summed E-state index contributed by atoms with van der Waals surface area (Å²) in [7, 11) is 1.49. The second-order valence-corrected chi connectivity index (χ2v) is 5.38. The molecule has 0 bridgehead atoms. The van der Waals surface area contributed by atoms with Crippen LogP contribution in [0.4, 0.5) is 0 Å². The molecule has 0 N–H and O–H groups in total. The first-order valence-electron chi connectivity index (χ1n) is 5.82. The monoisotopic (exact) mass is 328 g/mol. The molecular formula is C15H11Cl3O2. The Labute approximate surface area is 132 Å². The van der Waals surface area contributed by atoms with Crippen LogP contribution in [0.1, 0.15) is 15.9 Å². The van der Waals surface area contributed by atoms with Gasteiger partial charge in [0.15, 0.2) is 5.78 Å². The van der Waals surface area contributed by atoms with Gasteiger partial charge in [-0.15, -0.1) is 0 Å². The summed E-state index contributed by atoms with van der Waals surface area (Å²) >= 11 is 18.1. The van der Waals surface area contributed by atoms with Crippen LogP contribution in [0.2, 0.25) is 15.1 Å². The van der Waals surface area contributed by atoms with E-state index in [2.05, 4.69) is 0 Å². The molecule has 0 heterocycles. The zero-order valence-electron chi connectivity index (χ0n) is 10.6. The first kappa shape index (κ1) is 15.2. The minimum atomic E-state index is -0.146. The van der Waals surface area contributed by atoms with Crippen molar-refractivity contribution in [2.24, 2.45) is 0 Å². The van der Waals surface area contributed by atoms with Gasteiger partial charge in [-0.1, -0.05) is 53.0 Å². The maximum absolute atomic E-state index is 12.3. The molecule has 0 saturated carbocycles. The van der Waals surface area contributed by atoms with Crippen LogP contribution in [-0.2, 0) is 6.42 Å². The smallest absolute Gasteiger partial charge is 0.168 e. The largest absolute Gasteiger partial charge is 0.495 e. The minimum absolute atomic E-state index is 0.146. The van der Waals surface area contributed by atoms with Crippen LogP contribution >= 0.6 is 34.8 Å². The van der Waals surface area contributed by atoms with Crippen molar-refractivity contribution in [1.82, 2.24) is 0 Å². The topological polar surface area (TPSA) is 26.3 Å². The third-order valence-corrected chi connectivity index (χ3v) is 3.83. The summed E-state index contributed by atoms with van der Waals surface area (Å²) in [6, 6.07) is 10.2. The molecule has 2 aromatic rings. The highest BCUT2D eigenvalue weighted by Gasteiger charge is 2.15. The van der Waals surface area contributed by atoms with Gasteiger partial charge in [-0.05, 0) is 17.7 Å². The summed E-state index contributed by atoms with van der Waals surface area (Å²) in [5.41, 5.74) is 1.11. The average molecular weight is 330 g/mol. The van der Waals surface area contributed by atoms with E-state index in [1.807, 2.05) is 12.1 Å². The molecule has 0 amide bonds. The first-order valence-corrected chi connectivity index (χ1v) is 6.96. The van der Waals surface area contributed by atoms with Gasteiger partial charge in [0.05, 0.1) is 17.2 Å². The molecule has 2 nitrogen and oxygen atoms in total. The molecule has 2 aromatic carbocycles. The molecule has 0 aromatic heterocycles. The molecule has 0 radical (unpaired) electrons. The predicted octanol–water partition coefficient (Wildman–Crippen LogP) is 5.08. The van der Waals surface area contributed by atoms with Crippen molar-refractivity contribution >= 4 is 40.6 Å². The van der Waals surface area contributed by atoms with E-state index < -0.39 is 0 Å². The normalized spacial score (nSPS) is 10.4. The maximum Gasteiger partial charge on any atom is 0.168 e. The number of hydrogen-bond acceptors (Lipinski definition) is 2. The van der Waals surface area contributed by atoms with Gasteiger partial charge in [0.1, 0.15) is 5.75 Å². The number of ether oxygens (including phenoxy) is 1. The molecule has 0 aliphatic heterocycles. The number of halogens is 3. The summed E-state index contributed by atoms with van der Waals surface area (Å²) in [5.74, 6) is 0.290. The lowest BCUT2D eigenvalue weighted by atomic mass is 10.0. The molecule has 0 unspecified atom stereocenters. The SMILES string of the molecule is COc1cc(Cl)c(C(=O)Cc2ccccc2Cl)cc1Cl. The van der Waals surface area contributed by atoms with E-state index in [1.165, 1.54) is 19.2 Å². The van der Waals surface area contributed by atoms with E-state index in [0.717, 1.165) is 5.56 Å². The summed E-state index contributed by atoms with van der Waals surface area (Å²) in [6.45, 7) is 0. The molecule has 0 saturated heterocycles. The molecule has 104 valence electrons. The predicted molar refractivity (Wildman–Crippen MR) is 82.5 cm³/mol. The quantitative estimate of drug-likeness (QED) is 0.731. The van der Waals surface area contributed by atoms with Crippen LogP contribution in [0, 0.1) is 0 Å². The summed E-state index contributed by atoms with van der Waals surface area (Å²) in [6.07, 6.45) is 0.169. The van der Waals surface area contributed by atoms with Gasteiger partial charge in [0, 0.05) is 23.1 Å². The molecule has 5 heteroatoms. The average Bonchev–Trinajstić information content (AvgIpc) is 2.43. The number of methoxy groups -OCH3 is 1. The van der Waals surface area contributed by atoms with E-state index in [9.17, 15) is 4.79 Å². The van der Waals surface area contributed by atoms with Crippen LogP contribution in [0.25, 0.3) is 0 Å². The highest BCUT2D eigenvalue weighted by atomic mass is 35.5. The van der Waals surface area contributed by atoms with Crippen molar-refractivity contribution in [1.29, 1.82) is 0 Å². The lowest BCUT2D eigenvalue weighted by molar-refractivity contribution is 0.0993. The molecule has 0 atom stereocenters. The van der Waals surface area contributed by atoms with Gasteiger partial charge in [-0.3, -0.25) is 4.79 Å². The number of Topliss-reactive ketones (excluding diaryl/α,β-unsaturated/α-hetero) is 1. The highest BCUT2D eigenvalue weighted by molar-refractivity contribution is 6.37. The minimum Gasteiger partial charge on any atom is -0.495 e. The van der Waals surface area contributed by atoms with Crippen LogP contribution in [-0.4, -0.2) is 12.9 Å². The third kappa shape index (κ3) is 3.26. The Hall–Kier alpha value is -1.22. The summed E-state index contributed by atoms with van der Waals surface area (Å²) < 4.78 is 5.05. The molecule has 0 aliphatic rings. The molecule has 20 heavy (non-hydrogen) atoms. The summed E-state index contributed by atoms with van der Waals surface area (Å²) in [4.78, 5) is 12.3. The van der Waals surface area contributed by atoms with Gasteiger partial charge in [-0.2, -0.15) is 0 Å². The van der Waals surface area contributed by atoms with E-state index in [1.54, 1.807) is 12.1 Å². The Bertz CT molecular complexity index is 654. The maximum atomic E-state index is 12.3. The number of rotatable bonds is 4. The van der Waals surface area contributed by atoms with Crippen molar-refractivity contribution < 1.29 is 9.53 Å². The number of hydrogen-bond donors (Lipinski definition) is 0. The lowest BCUT2D eigenvalue weighted by Gasteiger charge is -2.09. The molecule has 2 rings (SSSR count). The van der Waals surface area contributed by atoms with Crippen molar-refractivity contribution in [2.75, 3.05) is 7.11 Å². The van der Waals surface area contributed by atoms with E-state index in [-0.39, 0.29) is 12.2 Å². The number of benzene rings is 2. The van der Waals surface area contributed by atoms with Gasteiger partial charge in [0.25, 0.3) is 0 Å². The van der Waals surface area contributed by atoms with Crippen LogP contribution in [0.5, 0.6) is 5.75 Å². The Morgan fingerprint density at radius 2 is 1.75 bits per heavy atom. The zero-order valence-corrected chi connectivity index (χ0v) is 12.9. The lowest BCUT2D eigenvalue weighted by Crippen LogP contribution is -2.05. The van der Waals surface area contributed by atoms with Crippen LogP contribution in [0.3, 0.4) is 0 Å². The van der Waals surface area contributed by atoms with Crippen LogP contribution < -0.4 is 4.74 Å². The molecule has 0 aliphatic carbocycles. The van der Waals surface area contributed by atoms with E-state index in [4.69, 9.17) is 39.5 Å². The second-order valence-electron chi connectivity index (χ2n) is 4.16. The number of carbonyl (C=O) groups excluding carboxylic acids is 1. The van der Waals surface area contributed by atoms with Crippen molar-refractivity contribution in [3.05, 3.63) is 62.6 Å². The Balaban J connectivity index is 2.30. The van der Waals surface area contributed by atoms with E-state index >= 15 is 0 Å². The fraction of sp³-hybridized carbons (Fsp3) is 0.133. The van der Waals surface area contributed by atoms with Gasteiger partial charge in [0.2, 0.25) is 0 Å². The standard InChI is InChI=1S/C15H11Cl3O2/c1-20-15-8-12(17)10(7-13(15)18)14(19)6-9-4-2-3-5-11(9)16/h2-5,7-8H,6H2,1H3. The summed E-state index contributed by atoms with van der Waals surface area (Å²) in [5, 5.41) is 1.21. The van der Waals surface area contributed by atoms with Crippen molar-refractivity contribution in [3.63, 3.8) is 0 Å². The van der Waals surface area contributed by atoms with E-state index in [0.29, 0.717) is 26.4 Å². The third-order valence-electron chi connectivity index (χ3n) is 2.85. The second kappa shape index (κ2) is 6.49. The molecular weight excluding hydrogens is 319 g/mol. The van der Waals surface area contributed by atoms with Gasteiger partial charge >= 0.3 is 0 Å². The van der Waals surface area contributed by atoms with Crippen molar-refractivity contribution in [2.45, 2.75) is 6.42 Å². The zero-order chi connectivity index (χ0) is 14.7. The first-order chi connectivity index (χ1) is 9.52. The fourth-order valence-electron chi connectivity index (χ4n) is 1.81. The fourth-order valence-corrected chi connectivity index (χ4v) is 2.51.